The predicted molar refractivity (Wildman–Crippen MR) is 59.2 cm³/mol. The van der Waals surface area contributed by atoms with Crippen molar-refractivity contribution in [2.75, 3.05) is 13.7 Å². The van der Waals surface area contributed by atoms with Gasteiger partial charge in [0.2, 0.25) is 0 Å². The molecule has 15 heavy (non-hydrogen) atoms. The van der Waals surface area contributed by atoms with Crippen molar-refractivity contribution in [1.29, 1.82) is 0 Å². The van der Waals surface area contributed by atoms with Crippen LogP contribution in [-0.4, -0.2) is 20.0 Å². The lowest BCUT2D eigenvalue weighted by Gasteiger charge is -2.11. The van der Waals surface area contributed by atoms with Crippen LogP contribution in [0.2, 0.25) is 5.02 Å². The minimum atomic E-state index is 0.372. The molecule has 0 N–H and O–H groups in total. The summed E-state index contributed by atoms with van der Waals surface area (Å²) in [6.45, 7) is 2.60. The molecular weight excluding hydrogens is 216 g/mol. The van der Waals surface area contributed by atoms with Crippen LogP contribution < -0.4 is 9.47 Å². The minimum absolute atomic E-state index is 0.372. The maximum Gasteiger partial charge on any atom is 0.162 e. The number of carbonyl (C=O) groups excluding carboxylic acids is 1. The molecule has 0 aliphatic heterocycles. The first kappa shape index (κ1) is 11.9. The standard InChI is InChI=1S/C11H13ClO3/c1-3-4-15-11-6-9(12)8(7-13)5-10(11)14-2/h5-7H,3-4H2,1-2H3. The van der Waals surface area contributed by atoms with Crippen molar-refractivity contribution in [2.45, 2.75) is 13.3 Å². The van der Waals surface area contributed by atoms with Crippen molar-refractivity contribution < 1.29 is 14.3 Å². The third-order valence-electron chi connectivity index (χ3n) is 1.87. The maximum absolute atomic E-state index is 10.6. The van der Waals surface area contributed by atoms with E-state index in [1.807, 2.05) is 6.92 Å². The Morgan fingerprint density at radius 1 is 1.40 bits per heavy atom. The highest BCUT2D eigenvalue weighted by Crippen LogP contribution is 2.32. The summed E-state index contributed by atoms with van der Waals surface area (Å²) in [5.74, 6) is 1.09. The van der Waals surface area contributed by atoms with Crippen molar-refractivity contribution in [2.24, 2.45) is 0 Å². The summed E-state index contributed by atoms with van der Waals surface area (Å²) >= 11 is 5.87. The number of hydrogen-bond acceptors (Lipinski definition) is 3. The van der Waals surface area contributed by atoms with Crippen LogP contribution in [0.3, 0.4) is 0 Å². The molecule has 0 aromatic heterocycles. The Labute approximate surface area is 93.9 Å². The molecule has 0 amide bonds. The summed E-state index contributed by atoms with van der Waals surface area (Å²) in [5, 5.41) is 0.372. The maximum atomic E-state index is 10.6. The molecule has 82 valence electrons. The zero-order chi connectivity index (χ0) is 11.3. The van der Waals surface area contributed by atoms with Gasteiger partial charge in [-0.2, -0.15) is 0 Å². The van der Waals surface area contributed by atoms with Gasteiger partial charge in [0.15, 0.2) is 17.8 Å². The van der Waals surface area contributed by atoms with Gasteiger partial charge >= 0.3 is 0 Å². The minimum Gasteiger partial charge on any atom is -0.493 e. The van der Waals surface area contributed by atoms with E-state index in [0.29, 0.717) is 35.0 Å². The van der Waals surface area contributed by atoms with Gasteiger partial charge in [0.25, 0.3) is 0 Å². The van der Waals surface area contributed by atoms with Gasteiger partial charge in [0, 0.05) is 11.6 Å². The molecule has 0 radical (unpaired) electrons. The van der Waals surface area contributed by atoms with Gasteiger partial charge in [-0.3, -0.25) is 4.79 Å². The molecule has 1 aromatic rings. The molecule has 0 fully saturated rings. The molecular formula is C11H13ClO3. The van der Waals surface area contributed by atoms with Crippen LogP contribution in [0.15, 0.2) is 12.1 Å². The predicted octanol–water partition coefficient (Wildman–Crippen LogP) is 2.95. The van der Waals surface area contributed by atoms with Crippen molar-refractivity contribution >= 4 is 17.9 Å². The first-order valence-corrected chi connectivity index (χ1v) is 5.06. The second-order valence-corrected chi connectivity index (χ2v) is 3.40. The molecule has 0 aliphatic rings. The Balaban J connectivity index is 3.03. The number of methoxy groups -OCH3 is 1. The molecule has 0 bridgehead atoms. The number of carbonyl (C=O) groups is 1. The van der Waals surface area contributed by atoms with Gasteiger partial charge in [0.1, 0.15) is 0 Å². The van der Waals surface area contributed by atoms with E-state index >= 15 is 0 Å². The van der Waals surface area contributed by atoms with E-state index in [9.17, 15) is 4.79 Å². The first-order valence-electron chi connectivity index (χ1n) is 4.68. The monoisotopic (exact) mass is 228 g/mol. The molecule has 3 nitrogen and oxygen atoms in total. The van der Waals surface area contributed by atoms with Crippen molar-refractivity contribution in [1.82, 2.24) is 0 Å². The largest absolute Gasteiger partial charge is 0.493 e. The molecule has 0 saturated carbocycles. The zero-order valence-corrected chi connectivity index (χ0v) is 9.50. The fourth-order valence-electron chi connectivity index (χ4n) is 1.13. The van der Waals surface area contributed by atoms with Gasteiger partial charge in [-0.25, -0.2) is 0 Å². The average Bonchev–Trinajstić information content (AvgIpc) is 2.26. The van der Waals surface area contributed by atoms with E-state index in [1.165, 1.54) is 7.11 Å². The summed E-state index contributed by atoms with van der Waals surface area (Å²) in [5.41, 5.74) is 0.400. The van der Waals surface area contributed by atoms with Crippen LogP contribution in [0, 0.1) is 0 Å². The highest BCUT2D eigenvalue weighted by atomic mass is 35.5. The lowest BCUT2D eigenvalue weighted by atomic mass is 10.2. The fraction of sp³-hybridized carbons (Fsp3) is 0.364. The molecule has 0 aliphatic carbocycles. The molecule has 1 aromatic carbocycles. The van der Waals surface area contributed by atoms with Gasteiger partial charge in [-0.05, 0) is 12.5 Å². The number of ether oxygens (including phenoxy) is 2. The third-order valence-corrected chi connectivity index (χ3v) is 2.20. The number of benzene rings is 1. The van der Waals surface area contributed by atoms with E-state index in [4.69, 9.17) is 21.1 Å². The van der Waals surface area contributed by atoms with E-state index in [1.54, 1.807) is 12.1 Å². The molecule has 0 atom stereocenters. The smallest absolute Gasteiger partial charge is 0.162 e. The molecule has 4 heteroatoms. The zero-order valence-electron chi connectivity index (χ0n) is 8.75. The SMILES string of the molecule is CCCOc1cc(Cl)c(C=O)cc1OC. The summed E-state index contributed by atoms with van der Waals surface area (Å²) < 4.78 is 10.5. The molecule has 1 rings (SSSR count). The summed E-state index contributed by atoms with van der Waals surface area (Å²) in [6, 6.07) is 3.17. The highest BCUT2D eigenvalue weighted by Gasteiger charge is 2.09. The fourth-order valence-corrected chi connectivity index (χ4v) is 1.32. The number of aldehydes is 1. The highest BCUT2D eigenvalue weighted by molar-refractivity contribution is 6.33. The van der Waals surface area contributed by atoms with Crippen LogP contribution >= 0.6 is 11.6 Å². The first-order chi connectivity index (χ1) is 7.22. The van der Waals surface area contributed by atoms with Gasteiger partial charge < -0.3 is 9.47 Å². The Hall–Kier alpha value is -1.22. The normalized spacial score (nSPS) is 9.80. The van der Waals surface area contributed by atoms with Crippen molar-refractivity contribution in [3.63, 3.8) is 0 Å². The van der Waals surface area contributed by atoms with E-state index < -0.39 is 0 Å². The van der Waals surface area contributed by atoms with Crippen LogP contribution in [0.5, 0.6) is 11.5 Å². The Kier molecular flexibility index (Phi) is 4.43. The van der Waals surface area contributed by atoms with Gasteiger partial charge in [-0.1, -0.05) is 18.5 Å². The second-order valence-electron chi connectivity index (χ2n) is 2.99. The molecule has 0 unspecified atom stereocenters. The summed E-state index contributed by atoms with van der Waals surface area (Å²) in [7, 11) is 1.52. The molecule has 0 saturated heterocycles. The van der Waals surface area contributed by atoms with Crippen molar-refractivity contribution in [3.05, 3.63) is 22.7 Å². The Morgan fingerprint density at radius 2 is 2.13 bits per heavy atom. The van der Waals surface area contributed by atoms with E-state index in [0.717, 1.165) is 6.42 Å². The lowest BCUT2D eigenvalue weighted by molar-refractivity contribution is 0.112. The second kappa shape index (κ2) is 5.61. The lowest BCUT2D eigenvalue weighted by Crippen LogP contribution is -1.99. The Bertz CT molecular complexity index is 350. The van der Waals surface area contributed by atoms with Gasteiger partial charge in [-0.15, -0.1) is 0 Å². The number of rotatable bonds is 5. The topological polar surface area (TPSA) is 35.5 Å². The third kappa shape index (κ3) is 2.86. The molecule has 0 spiro atoms. The van der Waals surface area contributed by atoms with E-state index in [-0.39, 0.29) is 0 Å². The van der Waals surface area contributed by atoms with Crippen LogP contribution in [0.1, 0.15) is 23.7 Å². The van der Waals surface area contributed by atoms with Crippen LogP contribution in [0.25, 0.3) is 0 Å². The van der Waals surface area contributed by atoms with Crippen molar-refractivity contribution in [3.8, 4) is 11.5 Å². The number of hydrogen-bond donors (Lipinski definition) is 0. The average molecular weight is 229 g/mol. The quantitative estimate of drug-likeness (QED) is 0.727. The Morgan fingerprint density at radius 3 is 2.67 bits per heavy atom. The number of halogens is 1. The van der Waals surface area contributed by atoms with Gasteiger partial charge in [0.05, 0.1) is 18.7 Å². The van der Waals surface area contributed by atoms with Crippen LogP contribution in [0.4, 0.5) is 0 Å². The summed E-state index contributed by atoms with van der Waals surface area (Å²) in [6.07, 6.45) is 1.59. The molecule has 0 heterocycles. The summed E-state index contributed by atoms with van der Waals surface area (Å²) in [4.78, 5) is 10.6. The van der Waals surface area contributed by atoms with Crippen LogP contribution in [-0.2, 0) is 0 Å². The van der Waals surface area contributed by atoms with E-state index in [2.05, 4.69) is 0 Å².